The number of para-hydroxylation sites is 1. The predicted octanol–water partition coefficient (Wildman–Crippen LogP) is 1.65. The van der Waals surface area contributed by atoms with Gasteiger partial charge in [0.05, 0.1) is 20.2 Å². The summed E-state index contributed by atoms with van der Waals surface area (Å²) in [5, 5.41) is 9.12. The maximum atomic E-state index is 11.7. The Morgan fingerprint density at radius 1 is 1.30 bits per heavy atom. The number of guanidine groups is 1. The van der Waals surface area contributed by atoms with Gasteiger partial charge in [0.2, 0.25) is 5.91 Å². The third kappa shape index (κ3) is 7.06. The van der Waals surface area contributed by atoms with Crippen LogP contribution in [0.2, 0.25) is 0 Å². The van der Waals surface area contributed by atoms with E-state index in [1.165, 1.54) is 0 Å². The Balaban J connectivity index is 0.00000264. The van der Waals surface area contributed by atoms with Crippen LogP contribution in [0.5, 0.6) is 5.75 Å². The fourth-order valence-electron chi connectivity index (χ4n) is 2.01. The monoisotopic (exact) mass is 432 g/mol. The van der Waals surface area contributed by atoms with Crippen LogP contribution >= 0.6 is 24.0 Å². The molecule has 1 fully saturated rings. The standard InChI is InChI=1S/C16H24N4O2.HI/c1-3-17-16(19-11-15(21)20-13-8-9-13)18-10-12-6-4-5-7-14(12)22-2;/h4-7,13H,3,8-11H2,1-2H3,(H,20,21)(H2,17,18,19);1H. The number of carbonyl (C=O) groups excluding carboxylic acids is 1. The summed E-state index contributed by atoms with van der Waals surface area (Å²) < 4.78 is 5.31. The molecule has 7 heteroatoms. The number of hydrogen-bond acceptors (Lipinski definition) is 3. The van der Waals surface area contributed by atoms with Gasteiger partial charge in [0.15, 0.2) is 5.96 Å². The average molecular weight is 432 g/mol. The number of amides is 1. The smallest absolute Gasteiger partial charge is 0.239 e. The van der Waals surface area contributed by atoms with Crippen molar-refractivity contribution in [2.75, 3.05) is 20.2 Å². The molecule has 1 aromatic carbocycles. The van der Waals surface area contributed by atoms with Gasteiger partial charge in [-0.15, -0.1) is 24.0 Å². The van der Waals surface area contributed by atoms with E-state index in [1.807, 2.05) is 31.2 Å². The van der Waals surface area contributed by atoms with E-state index in [1.54, 1.807) is 7.11 Å². The number of hydrogen-bond donors (Lipinski definition) is 3. The Hall–Kier alpha value is -1.51. The lowest BCUT2D eigenvalue weighted by atomic mass is 10.2. The van der Waals surface area contributed by atoms with E-state index < -0.39 is 0 Å². The number of halogens is 1. The first-order valence-corrected chi connectivity index (χ1v) is 7.66. The summed E-state index contributed by atoms with van der Waals surface area (Å²) in [6, 6.07) is 8.15. The minimum absolute atomic E-state index is 0. The highest BCUT2D eigenvalue weighted by atomic mass is 127. The van der Waals surface area contributed by atoms with Gasteiger partial charge < -0.3 is 20.7 Å². The molecule has 2 rings (SSSR count). The average Bonchev–Trinajstić information content (AvgIpc) is 3.34. The normalized spacial score (nSPS) is 13.7. The number of nitrogens with zero attached hydrogens (tertiary/aromatic N) is 1. The molecule has 0 unspecified atom stereocenters. The van der Waals surface area contributed by atoms with Crippen molar-refractivity contribution in [3.63, 3.8) is 0 Å². The van der Waals surface area contributed by atoms with Gasteiger partial charge in [0.25, 0.3) is 0 Å². The number of nitrogens with one attached hydrogen (secondary N) is 3. The first-order chi connectivity index (χ1) is 10.7. The molecule has 23 heavy (non-hydrogen) atoms. The lowest BCUT2D eigenvalue weighted by Gasteiger charge is -2.12. The van der Waals surface area contributed by atoms with Crippen LogP contribution in [-0.4, -0.2) is 38.1 Å². The summed E-state index contributed by atoms with van der Waals surface area (Å²) >= 11 is 0. The lowest BCUT2D eigenvalue weighted by Crippen LogP contribution is -2.43. The van der Waals surface area contributed by atoms with Gasteiger partial charge in [-0.25, -0.2) is 4.99 Å². The number of methoxy groups -OCH3 is 1. The van der Waals surface area contributed by atoms with E-state index in [2.05, 4.69) is 20.9 Å². The maximum absolute atomic E-state index is 11.7. The van der Waals surface area contributed by atoms with Gasteiger partial charge in [0.1, 0.15) is 5.75 Å². The molecular weight excluding hydrogens is 407 g/mol. The second-order valence-electron chi connectivity index (χ2n) is 5.20. The van der Waals surface area contributed by atoms with Gasteiger partial charge in [-0.2, -0.15) is 0 Å². The molecule has 0 spiro atoms. The van der Waals surface area contributed by atoms with Crippen molar-refractivity contribution in [1.29, 1.82) is 0 Å². The van der Waals surface area contributed by atoms with Crippen LogP contribution in [0.25, 0.3) is 0 Å². The minimum Gasteiger partial charge on any atom is -0.496 e. The summed E-state index contributed by atoms with van der Waals surface area (Å²) in [6.45, 7) is 3.45. The van der Waals surface area contributed by atoms with Crippen LogP contribution in [-0.2, 0) is 11.3 Å². The Morgan fingerprint density at radius 2 is 2.04 bits per heavy atom. The molecule has 3 N–H and O–H groups in total. The lowest BCUT2D eigenvalue weighted by molar-refractivity contribution is -0.120. The molecule has 0 bridgehead atoms. The largest absolute Gasteiger partial charge is 0.496 e. The molecule has 0 heterocycles. The summed E-state index contributed by atoms with van der Waals surface area (Å²) in [5.74, 6) is 1.44. The van der Waals surface area contributed by atoms with Gasteiger partial charge in [-0.05, 0) is 25.8 Å². The van der Waals surface area contributed by atoms with Crippen molar-refractivity contribution >= 4 is 35.8 Å². The Bertz CT molecular complexity index is 533. The zero-order valence-corrected chi connectivity index (χ0v) is 15.9. The van der Waals surface area contributed by atoms with Crippen molar-refractivity contribution in [3.8, 4) is 5.75 Å². The van der Waals surface area contributed by atoms with E-state index in [9.17, 15) is 4.79 Å². The van der Waals surface area contributed by atoms with Crippen LogP contribution in [0.15, 0.2) is 29.3 Å². The minimum atomic E-state index is 0. The summed E-state index contributed by atoms with van der Waals surface area (Å²) in [4.78, 5) is 16.2. The van der Waals surface area contributed by atoms with E-state index in [0.29, 0.717) is 18.5 Å². The highest BCUT2D eigenvalue weighted by Gasteiger charge is 2.22. The number of benzene rings is 1. The van der Waals surface area contributed by atoms with E-state index >= 15 is 0 Å². The molecule has 1 saturated carbocycles. The highest BCUT2D eigenvalue weighted by molar-refractivity contribution is 14.0. The molecule has 1 aliphatic carbocycles. The number of aliphatic imine (C=N–C) groups is 1. The van der Waals surface area contributed by atoms with Crippen molar-refractivity contribution in [2.45, 2.75) is 32.4 Å². The van der Waals surface area contributed by atoms with E-state index in [4.69, 9.17) is 4.74 Å². The van der Waals surface area contributed by atoms with Crippen molar-refractivity contribution < 1.29 is 9.53 Å². The van der Waals surface area contributed by atoms with Gasteiger partial charge >= 0.3 is 0 Å². The van der Waals surface area contributed by atoms with Crippen LogP contribution in [0.3, 0.4) is 0 Å². The third-order valence-corrected chi connectivity index (χ3v) is 3.30. The third-order valence-electron chi connectivity index (χ3n) is 3.30. The first kappa shape index (κ1) is 19.5. The summed E-state index contributed by atoms with van der Waals surface area (Å²) in [7, 11) is 1.65. The van der Waals surface area contributed by atoms with Crippen molar-refractivity contribution in [2.24, 2.45) is 4.99 Å². The zero-order chi connectivity index (χ0) is 15.8. The molecule has 0 aromatic heterocycles. The van der Waals surface area contributed by atoms with Crippen molar-refractivity contribution in [3.05, 3.63) is 29.8 Å². The number of carbonyl (C=O) groups is 1. The SMILES string of the molecule is CCNC(=NCc1ccccc1OC)NCC(=O)NC1CC1.I. The fraction of sp³-hybridized carbons (Fsp3) is 0.500. The Labute approximate surface area is 154 Å². The van der Waals surface area contributed by atoms with E-state index in [0.717, 1.165) is 30.7 Å². The molecule has 0 saturated heterocycles. The maximum Gasteiger partial charge on any atom is 0.239 e. The van der Waals surface area contributed by atoms with Crippen LogP contribution in [0.1, 0.15) is 25.3 Å². The Morgan fingerprint density at radius 3 is 2.70 bits per heavy atom. The molecule has 1 aliphatic rings. The topological polar surface area (TPSA) is 74.8 Å². The zero-order valence-electron chi connectivity index (χ0n) is 13.6. The number of ether oxygens (including phenoxy) is 1. The van der Waals surface area contributed by atoms with Gasteiger partial charge in [0, 0.05) is 18.2 Å². The molecule has 0 atom stereocenters. The molecule has 6 nitrogen and oxygen atoms in total. The molecule has 1 aromatic rings. The van der Waals surface area contributed by atoms with Crippen LogP contribution in [0, 0.1) is 0 Å². The molecule has 1 amide bonds. The highest BCUT2D eigenvalue weighted by Crippen LogP contribution is 2.18. The van der Waals surface area contributed by atoms with Crippen LogP contribution < -0.4 is 20.7 Å². The molecule has 128 valence electrons. The van der Waals surface area contributed by atoms with Crippen molar-refractivity contribution in [1.82, 2.24) is 16.0 Å². The second kappa shape index (κ2) is 10.3. The molecule has 0 radical (unpaired) electrons. The van der Waals surface area contributed by atoms with Crippen LogP contribution in [0.4, 0.5) is 0 Å². The fourth-order valence-corrected chi connectivity index (χ4v) is 2.01. The van der Waals surface area contributed by atoms with Gasteiger partial charge in [-0.1, -0.05) is 18.2 Å². The van der Waals surface area contributed by atoms with E-state index in [-0.39, 0.29) is 36.4 Å². The van der Waals surface area contributed by atoms with Gasteiger partial charge in [-0.3, -0.25) is 4.79 Å². The molecule has 0 aliphatic heterocycles. The summed E-state index contributed by atoms with van der Waals surface area (Å²) in [5.41, 5.74) is 1.00. The summed E-state index contributed by atoms with van der Waals surface area (Å²) in [6.07, 6.45) is 2.18. The second-order valence-corrected chi connectivity index (χ2v) is 5.20. The Kier molecular flexibility index (Phi) is 8.75. The predicted molar refractivity (Wildman–Crippen MR) is 102 cm³/mol. The first-order valence-electron chi connectivity index (χ1n) is 7.66. The molecular formula is C16H25IN4O2. The quantitative estimate of drug-likeness (QED) is 0.348. The number of rotatable bonds is 7.